The lowest BCUT2D eigenvalue weighted by Gasteiger charge is -2.13. The van der Waals surface area contributed by atoms with Crippen LogP contribution in [0, 0.1) is 5.82 Å². The molecule has 0 aliphatic carbocycles. The Morgan fingerprint density at radius 2 is 1.68 bits per heavy atom. The number of pyridine rings is 1. The maximum Gasteiger partial charge on any atom is 0.258 e. The zero-order valence-electron chi connectivity index (χ0n) is 16.6. The fourth-order valence-electron chi connectivity index (χ4n) is 2.94. The van der Waals surface area contributed by atoms with Crippen LogP contribution in [0.25, 0.3) is 10.9 Å². The number of carbonyl (C=O) groups excluding carboxylic acids is 1. The van der Waals surface area contributed by atoms with Crippen LogP contribution in [0.1, 0.15) is 10.4 Å². The molecule has 2 heterocycles. The van der Waals surface area contributed by atoms with Crippen LogP contribution in [0.5, 0.6) is 23.0 Å². The van der Waals surface area contributed by atoms with Crippen LogP contribution < -0.4 is 19.5 Å². The summed E-state index contributed by atoms with van der Waals surface area (Å²) in [6, 6.07) is 9.18. The van der Waals surface area contributed by atoms with Crippen molar-refractivity contribution in [2.75, 3.05) is 19.5 Å². The molecule has 0 saturated carbocycles. The van der Waals surface area contributed by atoms with Gasteiger partial charge >= 0.3 is 0 Å². The van der Waals surface area contributed by atoms with Crippen LogP contribution >= 0.6 is 0 Å². The number of amides is 1. The smallest absolute Gasteiger partial charge is 0.258 e. The summed E-state index contributed by atoms with van der Waals surface area (Å²) in [7, 11) is 3.05. The summed E-state index contributed by atoms with van der Waals surface area (Å²) < 4.78 is 31.1. The van der Waals surface area contributed by atoms with Gasteiger partial charge in [-0.05, 0) is 24.3 Å². The minimum Gasteiger partial charge on any atom is -0.493 e. The van der Waals surface area contributed by atoms with E-state index < -0.39 is 11.7 Å². The van der Waals surface area contributed by atoms with Gasteiger partial charge < -0.3 is 19.5 Å². The Labute approximate surface area is 176 Å². The van der Waals surface area contributed by atoms with Crippen LogP contribution in [0.15, 0.2) is 61.3 Å². The molecule has 4 aromatic rings. The molecule has 1 N–H and O–H groups in total. The number of hydrogen-bond acceptors (Lipinski definition) is 7. The molecule has 0 bridgehead atoms. The fraction of sp³-hybridized carbons (Fsp3) is 0.0909. The van der Waals surface area contributed by atoms with Gasteiger partial charge in [0.05, 0.1) is 25.3 Å². The highest BCUT2D eigenvalue weighted by molar-refractivity contribution is 6.03. The summed E-state index contributed by atoms with van der Waals surface area (Å²) >= 11 is 0. The van der Waals surface area contributed by atoms with E-state index in [1.807, 2.05) is 0 Å². The van der Waals surface area contributed by atoms with Gasteiger partial charge in [0.2, 0.25) is 0 Å². The topological polar surface area (TPSA) is 95.5 Å². The van der Waals surface area contributed by atoms with E-state index in [1.54, 1.807) is 24.4 Å². The number of fused-ring (bicyclic) bond motifs is 1. The lowest BCUT2D eigenvalue weighted by Crippen LogP contribution is -2.12. The zero-order valence-corrected chi connectivity index (χ0v) is 16.6. The van der Waals surface area contributed by atoms with Crippen molar-refractivity contribution in [1.82, 2.24) is 15.0 Å². The van der Waals surface area contributed by atoms with Crippen molar-refractivity contribution in [1.29, 1.82) is 0 Å². The number of ether oxygens (including phenoxy) is 3. The monoisotopic (exact) mass is 420 g/mol. The van der Waals surface area contributed by atoms with Gasteiger partial charge in [0.1, 0.15) is 12.1 Å². The Balaban J connectivity index is 1.60. The number of benzene rings is 2. The molecular weight excluding hydrogens is 403 g/mol. The van der Waals surface area contributed by atoms with Gasteiger partial charge in [0.15, 0.2) is 23.1 Å². The molecule has 2 aromatic heterocycles. The van der Waals surface area contributed by atoms with Crippen molar-refractivity contribution >= 4 is 22.5 Å². The first-order valence-electron chi connectivity index (χ1n) is 9.13. The minimum atomic E-state index is -0.646. The molecule has 0 spiro atoms. The molecule has 9 heteroatoms. The van der Waals surface area contributed by atoms with Gasteiger partial charge in [0, 0.05) is 41.8 Å². The lowest BCUT2D eigenvalue weighted by atomic mass is 10.1. The number of nitrogens with one attached hydrogen (secondary N) is 1. The Morgan fingerprint density at radius 3 is 2.39 bits per heavy atom. The normalized spacial score (nSPS) is 10.5. The first-order chi connectivity index (χ1) is 15.1. The van der Waals surface area contributed by atoms with Crippen LogP contribution in [0.3, 0.4) is 0 Å². The standard InChI is InChI=1S/C22H17FN4O4/c1-29-20-8-15-17(9-21(20)30-2)26-6-5-18(15)31-19-4-3-14(7-16(19)23)27-22(28)13-10-24-12-25-11-13/h3-12H,1-2H3,(H,27,28). The number of anilines is 1. The molecule has 0 atom stereocenters. The first kappa shape index (κ1) is 20.0. The van der Waals surface area contributed by atoms with Crippen molar-refractivity contribution in [2.45, 2.75) is 0 Å². The molecule has 8 nitrogen and oxygen atoms in total. The highest BCUT2D eigenvalue weighted by Gasteiger charge is 2.14. The summed E-state index contributed by atoms with van der Waals surface area (Å²) in [6.07, 6.45) is 5.61. The fourth-order valence-corrected chi connectivity index (χ4v) is 2.94. The van der Waals surface area contributed by atoms with Crippen molar-refractivity contribution in [2.24, 2.45) is 0 Å². The Bertz CT molecular complexity index is 1250. The summed E-state index contributed by atoms with van der Waals surface area (Å²) in [4.78, 5) is 24.1. The van der Waals surface area contributed by atoms with Crippen LogP contribution in [0.2, 0.25) is 0 Å². The van der Waals surface area contributed by atoms with Gasteiger partial charge in [-0.2, -0.15) is 0 Å². The van der Waals surface area contributed by atoms with Gasteiger partial charge in [0.25, 0.3) is 5.91 Å². The molecule has 4 rings (SSSR count). The number of rotatable bonds is 6. The van der Waals surface area contributed by atoms with Crippen LogP contribution in [-0.2, 0) is 0 Å². The highest BCUT2D eigenvalue weighted by atomic mass is 19.1. The van der Waals surface area contributed by atoms with Gasteiger partial charge in [-0.25, -0.2) is 14.4 Å². The number of methoxy groups -OCH3 is 2. The Morgan fingerprint density at radius 1 is 0.935 bits per heavy atom. The number of halogens is 1. The second-order valence-electron chi connectivity index (χ2n) is 6.36. The minimum absolute atomic E-state index is 0.0108. The van der Waals surface area contributed by atoms with Gasteiger partial charge in [-0.3, -0.25) is 9.78 Å². The molecule has 31 heavy (non-hydrogen) atoms. The van der Waals surface area contributed by atoms with Gasteiger partial charge in [-0.1, -0.05) is 0 Å². The average Bonchev–Trinajstić information content (AvgIpc) is 2.80. The third kappa shape index (κ3) is 4.20. The van der Waals surface area contributed by atoms with Crippen LogP contribution in [-0.4, -0.2) is 35.1 Å². The van der Waals surface area contributed by atoms with Crippen molar-refractivity contribution < 1.29 is 23.4 Å². The SMILES string of the molecule is COc1cc2nccc(Oc3ccc(NC(=O)c4cncnc4)cc3F)c2cc1OC. The number of aromatic nitrogens is 3. The third-order valence-electron chi connectivity index (χ3n) is 4.44. The largest absolute Gasteiger partial charge is 0.493 e. The first-order valence-corrected chi connectivity index (χ1v) is 9.13. The summed E-state index contributed by atoms with van der Waals surface area (Å²) in [6.45, 7) is 0. The van der Waals surface area contributed by atoms with E-state index in [-0.39, 0.29) is 17.0 Å². The van der Waals surface area contributed by atoms with E-state index in [1.165, 1.54) is 51.1 Å². The predicted molar refractivity (Wildman–Crippen MR) is 111 cm³/mol. The summed E-state index contributed by atoms with van der Waals surface area (Å²) in [5.74, 6) is 0.305. The van der Waals surface area contributed by atoms with Crippen molar-refractivity contribution in [3.63, 3.8) is 0 Å². The van der Waals surface area contributed by atoms with E-state index in [2.05, 4.69) is 20.3 Å². The molecule has 1 amide bonds. The second-order valence-corrected chi connectivity index (χ2v) is 6.36. The van der Waals surface area contributed by atoms with Crippen molar-refractivity contribution in [3.8, 4) is 23.0 Å². The Hall–Kier alpha value is -4.27. The van der Waals surface area contributed by atoms with E-state index >= 15 is 0 Å². The van der Waals surface area contributed by atoms with E-state index in [9.17, 15) is 9.18 Å². The molecular formula is C22H17FN4O4. The zero-order chi connectivity index (χ0) is 21.8. The predicted octanol–water partition coefficient (Wildman–Crippen LogP) is 4.23. The number of carbonyl (C=O) groups is 1. The average molecular weight is 420 g/mol. The van der Waals surface area contributed by atoms with Gasteiger partial charge in [-0.15, -0.1) is 0 Å². The second kappa shape index (κ2) is 8.62. The number of nitrogens with zero attached hydrogens (tertiary/aromatic N) is 3. The molecule has 0 radical (unpaired) electrons. The molecule has 156 valence electrons. The maximum atomic E-state index is 14.7. The molecule has 0 saturated heterocycles. The number of hydrogen-bond donors (Lipinski definition) is 1. The molecule has 0 fully saturated rings. The van der Waals surface area contributed by atoms with E-state index in [0.29, 0.717) is 28.2 Å². The van der Waals surface area contributed by atoms with E-state index in [0.717, 1.165) is 0 Å². The van der Waals surface area contributed by atoms with Crippen molar-refractivity contribution in [3.05, 3.63) is 72.7 Å². The highest BCUT2D eigenvalue weighted by Crippen LogP contribution is 2.37. The third-order valence-corrected chi connectivity index (χ3v) is 4.44. The summed E-state index contributed by atoms with van der Waals surface area (Å²) in [5, 5.41) is 3.22. The quantitative estimate of drug-likeness (QED) is 0.499. The molecule has 0 aliphatic heterocycles. The molecule has 0 aliphatic rings. The summed E-state index contributed by atoms with van der Waals surface area (Å²) in [5.41, 5.74) is 1.13. The molecule has 0 unspecified atom stereocenters. The van der Waals surface area contributed by atoms with E-state index in [4.69, 9.17) is 14.2 Å². The van der Waals surface area contributed by atoms with Crippen LogP contribution in [0.4, 0.5) is 10.1 Å². The molecule has 2 aromatic carbocycles. The lowest BCUT2D eigenvalue weighted by molar-refractivity contribution is 0.102. The Kier molecular flexibility index (Phi) is 5.57. The maximum absolute atomic E-state index is 14.7.